The van der Waals surface area contributed by atoms with Crippen LogP contribution in [0.15, 0.2) is 18.3 Å². The fourth-order valence-electron chi connectivity index (χ4n) is 2.84. The number of nitrogens with one attached hydrogen (secondary N) is 1. The van der Waals surface area contributed by atoms with Crippen molar-refractivity contribution >= 4 is 11.6 Å². The summed E-state index contributed by atoms with van der Waals surface area (Å²) in [6, 6.07) is 4.33. The van der Waals surface area contributed by atoms with Gasteiger partial charge in [0.2, 0.25) is 0 Å². The molecule has 0 amide bonds. The van der Waals surface area contributed by atoms with Crippen LogP contribution in [0.25, 0.3) is 0 Å². The average molecular weight is 283 g/mol. The van der Waals surface area contributed by atoms with Crippen molar-refractivity contribution in [1.29, 1.82) is 0 Å². The second kappa shape index (κ2) is 5.75. The van der Waals surface area contributed by atoms with Gasteiger partial charge in [-0.25, -0.2) is 4.98 Å². The second-order valence-corrected chi connectivity index (χ2v) is 5.78. The van der Waals surface area contributed by atoms with Crippen LogP contribution in [0.3, 0.4) is 0 Å². The summed E-state index contributed by atoms with van der Waals surface area (Å²) < 4.78 is 11.4. The Balaban J connectivity index is 1.53. The van der Waals surface area contributed by atoms with E-state index in [1.807, 2.05) is 18.3 Å². The van der Waals surface area contributed by atoms with E-state index in [0.29, 0.717) is 11.2 Å². The van der Waals surface area contributed by atoms with E-state index in [4.69, 9.17) is 21.1 Å². The van der Waals surface area contributed by atoms with Crippen molar-refractivity contribution in [3.05, 3.63) is 29.0 Å². The zero-order valence-corrected chi connectivity index (χ0v) is 11.7. The van der Waals surface area contributed by atoms with E-state index < -0.39 is 0 Å². The number of nitrogens with zero attached hydrogens (tertiary/aromatic N) is 1. The lowest BCUT2D eigenvalue weighted by Crippen LogP contribution is -2.47. The van der Waals surface area contributed by atoms with E-state index in [9.17, 15) is 0 Å². The summed E-state index contributed by atoms with van der Waals surface area (Å²) in [6.45, 7) is 3.22. The van der Waals surface area contributed by atoms with E-state index in [2.05, 4.69) is 10.3 Å². The van der Waals surface area contributed by atoms with Crippen LogP contribution in [0.2, 0.25) is 5.15 Å². The van der Waals surface area contributed by atoms with Crippen molar-refractivity contribution in [3.8, 4) is 0 Å². The van der Waals surface area contributed by atoms with E-state index in [1.165, 1.54) is 0 Å². The molecule has 2 fully saturated rings. The highest BCUT2D eigenvalue weighted by atomic mass is 35.5. The minimum absolute atomic E-state index is 0.0336. The van der Waals surface area contributed by atoms with Crippen LogP contribution in [-0.2, 0) is 16.0 Å². The summed E-state index contributed by atoms with van der Waals surface area (Å²) in [4.78, 5) is 4.09. The first-order valence-electron chi connectivity index (χ1n) is 6.81. The maximum absolute atomic E-state index is 5.93. The van der Waals surface area contributed by atoms with Crippen LogP contribution < -0.4 is 5.32 Å². The molecule has 0 bridgehead atoms. The average Bonchev–Trinajstić information content (AvgIpc) is 2.86. The van der Waals surface area contributed by atoms with Gasteiger partial charge in [-0.15, -0.1) is 0 Å². The Bertz CT molecular complexity index is 418. The summed E-state index contributed by atoms with van der Waals surface area (Å²) in [5.41, 5.74) is 1.13. The summed E-state index contributed by atoms with van der Waals surface area (Å²) in [6.07, 6.45) is 4.94. The fraction of sp³-hybridized carbons (Fsp3) is 0.643. The minimum atomic E-state index is -0.0336. The lowest BCUT2D eigenvalue weighted by atomic mass is 9.89. The van der Waals surface area contributed by atoms with Gasteiger partial charge in [0.15, 0.2) is 0 Å². The number of hydrogen-bond donors (Lipinski definition) is 1. The van der Waals surface area contributed by atoms with E-state index in [0.717, 1.165) is 51.2 Å². The molecule has 3 rings (SSSR count). The molecule has 2 saturated heterocycles. The lowest BCUT2D eigenvalue weighted by Gasteiger charge is -2.37. The SMILES string of the molecule is Clc1ccc(CNC2CCOC3(CCOC3)C2)cn1. The predicted molar refractivity (Wildman–Crippen MR) is 73.2 cm³/mol. The second-order valence-electron chi connectivity index (χ2n) is 5.39. The Labute approximate surface area is 118 Å². The monoisotopic (exact) mass is 282 g/mol. The summed E-state index contributed by atoms with van der Waals surface area (Å²) in [5.74, 6) is 0. The Morgan fingerprint density at radius 3 is 3.11 bits per heavy atom. The van der Waals surface area contributed by atoms with Crippen LogP contribution in [0.4, 0.5) is 0 Å². The van der Waals surface area contributed by atoms with Crippen LogP contribution >= 0.6 is 11.6 Å². The Hall–Kier alpha value is -0.680. The Kier molecular flexibility index (Phi) is 4.03. The number of halogens is 1. The number of hydrogen-bond acceptors (Lipinski definition) is 4. The van der Waals surface area contributed by atoms with Gasteiger partial charge in [-0.05, 0) is 24.5 Å². The normalized spacial score (nSPS) is 30.9. The van der Waals surface area contributed by atoms with Crippen molar-refractivity contribution < 1.29 is 9.47 Å². The number of pyridine rings is 1. The van der Waals surface area contributed by atoms with Gasteiger partial charge in [0.25, 0.3) is 0 Å². The smallest absolute Gasteiger partial charge is 0.129 e. The van der Waals surface area contributed by atoms with Gasteiger partial charge in [0.1, 0.15) is 5.15 Å². The molecule has 1 N–H and O–H groups in total. The van der Waals surface area contributed by atoms with Crippen LogP contribution in [0, 0.1) is 0 Å². The molecular formula is C14H19ClN2O2. The molecule has 104 valence electrons. The molecule has 19 heavy (non-hydrogen) atoms. The standard InChI is InChI=1S/C14H19ClN2O2/c15-13-2-1-11(9-17-13)8-16-12-3-5-19-14(7-12)4-6-18-10-14/h1-2,9,12,16H,3-8,10H2. The topological polar surface area (TPSA) is 43.4 Å². The molecule has 5 heteroatoms. The van der Waals surface area contributed by atoms with Crippen LogP contribution in [-0.4, -0.2) is 36.4 Å². The quantitative estimate of drug-likeness (QED) is 0.863. The number of rotatable bonds is 3. The molecule has 0 aliphatic carbocycles. The van der Waals surface area contributed by atoms with Gasteiger partial charge >= 0.3 is 0 Å². The maximum Gasteiger partial charge on any atom is 0.129 e. The minimum Gasteiger partial charge on any atom is -0.378 e. The molecule has 0 saturated carbocycles. The molecule has 2 atom stereocenters. The molecule has 1 aromatic rings. The van der Waals surface area contributed by atoms with Gasteiger partial charge < -0.3 is 14.8 Å². The molecule has 1 aromatic heterocycles. The molecule has 0 aromatic carbocycles. The first-order chi connectivity index (χ1) is 9.26. The van der Waals surface area contributed by atoms with E-state index in [1.54, 1.807) is 0 Å². The zero-order chi connectivity index (χ0) is 13.1. The highest BCUT2D eigenvalue weighted by Gasteiger charge is 2.40. The highest BCUT2D eigenvalue weighted by molar-refractivity contribution is 6.29. The lowest BCUT2D eigenvalue weighted by molar-refractivity contribution is -0.0894. The largest absolute Gasteiger partial charge is 0.378 e. The molecule has 0 radical (unpaired) electrons. The Morgan fingerprint density at radius 2 is 2.37 bits per heavy atom. The maximum atomic E-state index is 5.93. The third-order valence-corrected chi connectivity index (χ3v) is 4.17. The third-order valence-electron chi connectivity index (χ3n) is 3.94. The van der Waals surface area contributed by atoms with E-state index in [-0.39, 0.29) is 5.60 Å². The summed E-state index contributed by atoms with van der Waals surface area (Å²) in [7, 11) is 0. The third kappa shape index (κ3) is 3.26. The first-order valence-corrected chi connectivity index (χ1v) is 7.19. The first kappa shape index (κ1) is 13.3. The van der Waals surface area contributed by atoms with E-state index >= 15 is 0 Å². The molecular weight excluding hydrogens is 264 g/mol. The van der Waals surface area contributed by atoms with Crippen molar-refractivity contribution in [3.63, 3.8) is 0 Å². The Morgan fingerprint density at radius 1 is 1.42 bits per heavy atom. The molecule has 4 nitrogen and oxygen atoms in total. The van der Waals surface area contributed by atoms with Gasteiger partial charge in [0.05, 0.1) is 12.2 Å². The van der Waals surface area contributed by atoms with Crippen LogP contribution in [0.1, 0.15) is 24.8 Å². The number of ether oxygens (including phenoxy) is 2. The molecule has 2 unspecified atom stereocenters. The summed E-state index contributed by atoms with van der Waals surface area (Å²) in [5, 5.41) is 4.13. The van der Waals surface area contributed by atoms with Gasteiger partial charge in [-0.3, -0.25) is 0 Å². The molecule has 1 spiro atoms. The van der Waals surface area contributed by atoms with Gasteiger partial charge in [-0.1, -0.05) is 17.7 Å². The van der Waals surface area contributed by atoms with Crippen molar-refractivity contribution in [2.75, 3.05) is 19.8 Å². The predicted octanol–water partition coefficient (Wildman–Crippen LogP) is 2.16. The zero-order valence-electron chi connectivity index (χ0n) is 10.9. The molecule has 3 heterocycles. The van der Waals surface area contributed by atoms with Gasteiger partial charge in [0, 0.05) is 38.4 Å². The van der Waals surface area contributed by atoms with Crippen molar-refractivity contribution in [1.82, 2.24) is 10.3 Å². The summed E-state index contributed by atoms with van der Waals surface area (Å²) >= 11 is 5.78. The molecule has 2 aliphatic heterocycles. The highest BCUT2D eigenvalue weighted by Crippen LogP contribution is 2.32. The fourth-order valence-corrected chi connectivity index (χ4v) is 2.95. The van der Waals surface area contributed by atoms with Crippen LogP contribution in [0.5, 0.6) is 0 Å². The molecule has 2 aliphatic rings. The van der Waals surface area contributed by atoms with Crippen molar-refractivity contribution in [2.45, 2.75) is 37.5 Å². The number of aromatic nitrogens is 1. The van der Waals surface area contributed by atoms with Gasteiger partial charge in [-0.2, -0.15) is 0 Å². The van der Waals surface area contributed by atoms with Crippen molar-refractivity contribution in [2.24, 2.45) is 0 Å².